The molecule has 0 bridgehead atoms. The Morgan fingerprint density at radius 3 is 2.84 bits per heavy atom. The van der Waals surface area contributed by atoms with Crippen LogP contribution in [0.2, 0.25) is 0 Å². The van der Waals surface area contributed by atoms with Gasteiger partial charge in [-0.2, -0.15) is 5.10 Å². The molecule has 0 fully saturated rings. The van der Waals surface area contributed by atoms with Crippen LogP contribution in [0.1, 0.15) is 19.9 Å². The summed E-state index contributed by atoms with van der Waals surface area (Å²) in [5.41, 5.74) is 8.37. The predicted octanol–water partition coefficient (Wildman–Crippen LogP) is 2.52. The average Bonchev–Trinajstić information content (AvgIpc) is 2.97. The Kier molecular flexibility index (Phi) is 2.78. The van der Waals surface area contributed by atoms with Crippen LogP contribution in [-0.4, -0.2) is 24.1 Å². The molecule has 0 aliphatic carbocycles. The topological polar surface area (TPSA) is 74.0 Å². The van der Waals surface area contributed by atoms with Gasteiger partial charge in [-0.05, 0) is 29.8 Å². The molecule has 6 nitrogen and oxygen atoms in total. The molecule has 3 rings (SSSR count). The highest BCUT2D eigenvalue weighted by molar-refractivity contribution is 9.10. The van der Waals surface area contributed by atoms with Crippen molar-refractivity contribution in [1.29, 1.82) is 0 Å². The van der Waals surface area contributed by atoms with Crippen LogP contribution in [0.4, 0.5) is 5.82 Å². The van der Waals surface area contributed by atoms with Crippen molar-refractivity contribution in [1.82, 2.24) is 24.1 Å². The first kappa shape index (κ1) is 12.2. The first-order valence-corrected chi connectivity index (χ1v) is 6.70. The summed E-state index contributed by atoms with van der Waals surface area (Å²) in [4.78, 5) is 8.49. The summed E-state index contributed by atoms with van der Waals surface area (Å²) in [7, 11) is 0. The lowest BCUT2D eigenvalue weighted by molar-refractivity contribution is 0.532. The van der Waals surface area contributed by atoms with Crippen LogP contribution in [0.15, 0.2) is 29.4 Å². The van der Waals surface area contributed by atoms with Gasteiger partial charge < -0.3 is 5.73 Å². The van der Waals surface area contributed by atoms with Crippen LogP contribution >= 0.6 is 15.9 Å². The molecule has 3 aromatic heterocycles. The molecule has 0 radical (unpaired) electrons. The highest BCUT2D eigenvalue weighted by atomic mass is 79.9. The van der Waals surface area contributed by atoms with Crippen LogP contribution in [-0.2, 0) is 0 Å². The van der Waals surface area contributed by atoms with Crippen LogP contribution in [0, 0.1) is 0 Å². The van der Waals surface area contributed by atoms with Crippen molar-refractivity contribution in [2.24, 2.45) is 0 Å². The summed E-state index contributed by atoms with van der Waals surface area (Å²) < 4.78 is 4.49. The Bertz CT molecular complexity index is 742. The second-order valence-electron chi connectivity index (χ2n) is 4.56. The highest BCUT2D eigenvalue weighted by Crippen LogP contribution is 2.29. The molecule has 0 atom stereocenters. The fraction of sp³-hybridized carbons (Fsp3) is 0.250. The minimum absolute atomic E-state index is 0.313. The van der Waals surface area contributed by atoms with E-state index < -0.39 is 0 Å². The third kappa shape index (κ3) is 1.90. The monoisotopic (exact) mass is 320 g/mol. The van der Waals surface area contributed by atoms with E-state index in [1.54, 1.807) is 6.20 Å². The number of rotatable bonds is 2. The van der Waals surface area contributed by atoms with Gasteiger partial charge in [-0.3, -0.25) is 9.08 Å². The number of imidazole rings is 1. The molecule has 0 saturated carbocycles. The van der Waals surface area contributed by atoms with Gasteiger partial charge in [0.05, 0.1) is 11.9 Å². The van der Waals surface area contributed by atoms with Crippen molar-refractivity contribution in [2.45, 2.75) is 19.9 Å². The van der Waals surface area contributed by atoms with Gasteiger partial charge in [-0.1, -0.05) is 0 Å². The lowest BCUT2D eigenvalue weighted by atomic mass is 10.2. The van der Waals surface area contributed by atoms with E-state index in [9.17, 15) is 0 Å². The Balaban J connectivity index is 2.26. The Morgan fingerprint density at radius 2 is 2.16 bits per heavy atom. The largest absolute Gasteiger partial charge is 0.381 e. The lowest BCUT2D eigenvalue weighted by Crippen LogP contribution is -2.02. The standard InChI is InChI=1S/C12H13BrN6/c1-7(2)19-6-8(5-16-19)9-10(13)17-11(14)12-15-3-4-18(9)12/h3-7H,1-2H3,(H2,14,17). The van der Waals surface area contributed by atoms with Gasteiger partial charge in [0.1, 0.15) is 4.60 Å². The third-order valence-electron chi connectivity index (χ3n) is 2.93. The summed E-state index contributed by atoms with van der Waals surface area (Å²) in [6.07, 6.45) is 7.37. The molecule has 3 aromatic rings. The summed E-state index contributed by atoms with van der Waals surface area (Å²) in [5.74, 6) is 0.400. The van der Waals surface area contributed by atoms with Gasteiger partial charge in [0.15, 0.2) is 11.5 Å². The zero-order valence-electron chi connectivity index (χ0n) is 10.6. The molecule has 0 aliphatic rings. The second kappa shape index (κ2) is 4.34. The van der Waals surface area contributed by atoms with Gasteiger partial charge in [0.2, 0.25) is 0 Å². The van der Waals surface area contributed by atoms with Crippen molar-refractivity contribution in [2.75, 3.05) is 5.73 Å². The molecule has 0 saturated heterocycles. The lowest BCUT2D eigenvalue weighted by Gasteiger charge is -2.07. The zero-order chi connectivity index (χ0) is 13.6. The van der Waals surface area contributed by atoms with Crippen LogP contribution in [0.25, 0.3) is 16.9 Å². The molecule has 19 heavy (non-hydrogen) atoms. The first-order chi connectivity index (χ1) is 9.08. The summed E-state index contributed by atoms with van der Waals surface area (Å²) in [6.45, 7) is 4.17. The van der Waals surface area contributed by atoms with Crippen LogP contribution in [0.3, 0.4) is 0 Å². The number of fused-ring (bicyclic) bond motifs is 1. The summed E-state index contributed by atoms with van der Waals surface area (Å²) in [6, 6.07) is 0.313. The molecule has 2 N–H and O–H groups in total. The van der Waals surface area contributed by atoms with E-state index in [-0.39, 0.29) is 0 Å². The van der Waals surface area contributed by atoms with Crippen molar-refractivity contribution < 1.29 is 0 Å². The van der Waals surface area contributed by atoms with E-state index in [2.05, 4.69) is 44.8 Å². The molecule has 0 unspecified atom stereocenters. The van der Waals surface area contributed by atoms with E-state index in [4.69, 9.17) is 5.73 Å². The van der Waals surface area contributed by atoms with E-state index >= 15 is 0 Å². The molecule has 0 amide bonds. The van der Waals surface area contributed by atoms with E-state index in [1.807, 2.05) is 27.7 Å². The second-order valence-corrected chi connectivity index (χ2v) is 5.31. The quantitative estimate of drug-likeness (QED) is 0.787. The Labute approximate surface area is 118 Å². The molecule has 7 heteroatoms. The number of nitrogen functional groups attached to an aromatic ring is 1. The molecule has 0 spiro atoms. The van der Waals surface area contributed by atoms with Crippen molar-refractivity contribution in [3.63, 3.8) is 0 Å². The van der Waals surface area contributed by atoms with Crippen molar-refractivity contribution >= 4 is 27.4 Å². The van der Waals surface area contributed by atoms with Gasteiger partial charge in [-0.25, -0.2) is 9.97 Å². The van der Waals surface area contributed by atoms with Crippen molar-refractivity contribution in [3.8, 4) is 11.3 Å². The Hall–Kier alpha value is -1.89. The number of anilines is 1. The minimum Gasteiger partial charge on any atom is -0.381 e. The van der Waals surface area contributed by atoms with Gasteiger partial charge in [0, 0.05) is 30.2 Å². The van der Waals surface area contributed by atoms with E-state index in [1.165, 1.54) is 0 Å². The number of hydrogen-bond donors (Lipinski definition) is 1. The summed E-state index contributed by atoms with van der Waals surface area (Å²) in [5, 5.41) is 4.35. The van der Waals surface area contributed by atoms with Crippen LogP contribution < -0.4 is 5.73 Å². The predicted molar refractivity (Wildman–Crippen MR) is 76.7 cm³/mol. The van der Waals surface area contributed by atoms with E-state index in [0.29, 0.717) is 22.1 Å². The number of nitrogens with zero attached hydrogens (tertiary/aromatic N) is 5. The number of halogens is 1. The highest BCUT2D eigenvalue weighted by Gasteiger charge is 2.15. The first-order valence-electron chi connectivity index (χ1n) is 5.90. The number of nitrogens with two attached hydrogens (primary N) is 1. The van der Waals surface area contributed by atoms with Gasteiger partial charge in [-0.15, -0.1) is 0 Å². The van der Waals surface area contributed by atoms with E-state index in [0.717, 1.165) is 11.3 Å². The smallest absolute Gasteiger partial charge is 0.180 e. The maximum absolute atomic E-state index is 5.86. The van der Waals surface area contributed by atoms with Gasteiger partial charge >= 0.3 is 0 Å². The molecule has 3 heterocycles. The third-order valence-corrected chi connectivity index (χ3v) is 3.48. The fourth-order valence-electron chi connectivity index (χ4n) is 1.98. The average molecular weight is 321 g/mol. The molecular weight excluding hydrogens is 308 g/mol. The number of aromatic nitrogens is 5. The molecular formula is C12H13BrN6. The SMILES string of the molecule is CC(C)n1cc(-c2c(Br)nc(N)c3nccn23)cn1. The maximum Gasteiger partial charge on any atom is 0.180 e. The minimum atomic E-state index is 0.313. The van der Waals surface area contributed by atoms with Crippen LogP contribution in [0.5, 0.6) is 0 Å². The normalized spacial score (nSPS) is 11.6. The number of hydrogen-bond acceptors (Lipinski definition) is 4. The molecule has 0 aromatic carbocycles. The summed E-state index contributed by atoms with van der Waals surface area (Å²) >= 11 is 3.46. The zero-order valence-corrected chi connectivity index (χ0v) is 12.2. The van der Waals surface area contributed by atoms with Crippen molar-refractivity contribution in [3.05, 3.63) is 29.4 Å². The maximum atomic E-state index is 5.86. The fourth-order valence-corrected chi connectivity index (χ4v) is 2.59. The Morgan fingerprint density at radius 1 is 1.37 bits per heavy atom. The molecule has 98 valence electrons. The van der Waals surface area contributed by atoms with Gasteiger partial charge in [0.25, 0.3) is 0 Å². The molecule has 0 aliphatic heterocycles.